The van der Waals surface area contributed by atoms with Gasteiger partial charge in [-0.05, 0) is 31.5 Å². The molecule has 0 aromatic heterocycles. The second-order valence-corrected chi connectivity index (χ2v) is 7.53. The van der Waals surface area contributed by atoms with Gasteiger partial charge in [0.05, 0.1) is 16.0 Å². The average Bonchev–Trinajstić information content (AvgIpc) is 2.70. The number of carboxylic acids is 1. The molecule has 2 aromatic carbocycles. The maximum absolute atomic E-state index is 11.2. The smallest absolute Gasteiger partial charge is 0.307 e. The number of nitrogens with zero attached hydrogens (tertiary/aromatic N) is 2. The van der Waals surface area contributed by atoms with Gasteiger partial charge in [0, 0.05) is 24.2 Å². The molecule has 0 saturated carbocycles. The van der Waals surface area contributed by atoms with Gasteiger partial charge in [0.25, 0.3) is 0 Å². The first-order valence-corrected chi connectivity index (χ1v) is 9.97. The molecule has 0 bridgehead atoms. The Morgan fingerprint density at radius 3 is 2.29 bits per heavy atom. The monoisotopic (exact) mass is 420 g/mol. The maximum atomic E-state index is 11.2. The summed E-state index contributed by atoms with van der Waals surface area (Å²) in [6, 6.07) is 14.8. The third-order valence-corrected chi connectivity index (χ3v) is 5.43. The van der Waals surface area contributed by atoms with Crippen molar-refractivity contribution >= 4 is 34.9 Å². The number of halogens is 2. The van der Waals surface area contributed by atoms with Crippen LogP contribution in [0.3, 0.4) is 0 Å². The zero-order valence-electron chi connectivity index (χ0n) is 15.4. The topological polar surface area (TPSA) is 62.1 Å². The Labute approximate surface area is 174 Å². The van der Waals surface area contributed by atoms with Crippen molar-refractivity contribution in [1.82, 2.24) is 4.90 Å². The van der Waals surface area contributed by atoms with Crippen molar-refractivity contribution in [3.05, 3.63) is 69.7 Å². The van der Waals surface area contributed by atoms with Gasteiger partial charge in [-0.25, -0.2) is 0 Å². The van der Waals surface area contributed by atoms with E-state index in [2.05, 4.69) is 10.1 Å². The summed E-state index contributed by atoms with van der Waals surface area (Å²) in [6.45, 7) is 2.39. The highest BCUT2D eigenvalue weighted by Gasteiger charge is 2.25. The Bertz CT molecular complexity index is 810. The normalized spacial score (nSPS) is 17.1. The van der Waals surface area contributed by atoms with E-state index in [0.29, 0.717) is 35.5 Å². The molecule has 2 aromatic rings. The van der Waals surface area contributed by atoms with Gasteiger partial charge < -0.3 is 9.94 Å². The van der Waals surface area contributed by atoms with Crippen LogP contribution in [0.1, 0.15) is 24.0 Å². The Morgan fingerprint density at radius 1 is 1.11 bits per heavy atom. The van der Waals surface area contributed by atoms with Gasteiger partial charge in [0.2, 0.25) is 0 Å². The number of benzene rings is 2. The highest BCUT2D eigenvalue weighted by atomic mass is 35.5. The Balaban J connectivity index is 1.71. The zero-order valence-corrected chi connectivity index (χ0v) is 16.9. The summed E-state index contributed by atoms with van der Waals surface area (Å²) >= 11 is 12.7. The van der Waals surface area contributed by atoms with Crippen molar-refractivity contribution in [2.75, 3.05) is 26.2 Å². The molecule has 1 aliphatic rings. The maximum Gasteiger partial charge on any atom is 0.307 e. The van der Waals surface area contributed by atoms with E-state index in [0.717, 1.165) is 30.5 Å². The first kappa shape index (κ1) is 20.6. The summed E-state index contributed by atoms with van der Waals surface area (Å²) in [5.41, 5.74) is 2.04. The van der Waals surface area contributed by atoms with E-state index in [9.17, 15) is 9.90 Å². The lowest BCUT2D eigenvalue weighted by Crippen LogP contribution is -2.40. The third kappa shape index (κ3) is 5.25. The Morgan fingerprint density at radius 2 is 1.71 bits per heavy atom. The first-order chi connectivity index (χ1) is 13.6. The average molecular weight is 421 g/mol. The Hall–Kier alpha value is -2.08. The largest absolute Gasteiger partial charge is 0.481 e. The van der Waals surface area contributed by atoms with Crippen molar-refractivity contribution in [2.24, 2.45) is 11.1 Å². The van der Waals surface area contributed by atoms with Gasteiger partial charge >= 0.3 is 5.97 Å². The van der Waals surface area contributed by atoms with Crippen LogP contribution >= 0.6 is 23.2 Å². The number of rotatable bonds is 7. The summed E-state index contributed by atoms with van der Waals surface area (Å²) in [7, 11) is 0. The molecule has 7 heteroatoms. The number of hydrogen-bond donors (Lipinski definition) is 1. The fraction of sp³-hybridized carbons (Fsp3) is 0.333. The molecule has 1 atom stereocenters. The molecule has 0 aliphatic carbocycles. The first-order valence-electron chi connectivity index (χ1n) is 9.21. The summed E-state index contributed by atoms with van der Waals surface area (Å²) in [4.78, 5) is 18.9. The highest BCUT2D eigenvalue weighted by Crippen LogP contribution is 2.24. The summed E-state index contributed by atoms with van der Waals surface area (Å²) in [5, 5.41) is 14.6. The van der Waals surface area contributed by atoms with Gasteiger partial charge in [-0.1, -0.05) is 64.8 Å². The van der Waals surface area contributed by atoms with Crippen LogP contribution < -0.4 is 0 Å². The number of carbonyl (C=O) groups is 1. The minimum absolute atomic E-state index is 0.306. The molecule has 1 N–H and O–H groups in total. The van der Waals surface area contributed by atoms with Gasteiger partial charge in [-0.2, -0.15) is 0 Å². The van der Waals surface area contributed by atoms with Crippen molar-refractivity contribution in [1.29, 1.82) is 0 Å². The molecular formula is C21H22Cl2N2O3. The van der Waals surface area contributed by atoms with Gasteiger partial charge in [-0.3, -0.25) is 9.69 Å². The number of likely N-dealkylation sites (tertiary alicyclic amines) is 1. The summed E-state index contributed by atoms with van der Waals surface area (Å²) in [6.07, 6.45) is 1.61. The molecule has 0 unspecified atom stereocenters. The third-order valence-electron chi connectivity index (χ3n) is 4.77. The van der Waals surface area contributed by atoms with Crippen LogP contribution in [-0.4, -0.2) is 47.9 Å². The zero-order chi connectivity index (χ0) is 19.9. The molecule has 3 rings (SSSR count). The molecule has 1 saturated heterocycles. The molecule has 1 fully saturated rings. The molecule has 1 aliphatic heterocycles. The molecular weight excluding hydrogens is 399 g/mol. The molecule has 28 heavy (non-hydrogen) atoms. The number of aliphatic carboxylic acids is 1. The predicted molar refractivity (Wildman–Crippen MR) is 111 cm³/mol. The number of hydrogen-bond acceptors (Lipinski definition) is 4. The van der Waals surface area contributed by atoms with Gasteiger partial charge in [0.15, 0.2) is 0 Å². The van der Waals surface area contributed by atoms with Crippen LogP contribution in [0.2, 0.25) is 10.0 Å². The fourth-order valence-electron chi connectivity index (χ4n) is 3.29. The summed E-state index contributed by atoms with van der Waals surface area (Å²) in [5.74, 6) is -1.04. The van der Waals surface area contributed by atoms with Crippen LogP contribution in [0.4, 0.5) is 0 Å². The lowest BCUT2D eigenvalue weighted by Gasteiger charge is -2.29. The van der Waals surface area contributed by atoms with Gasteiger partial charge in [0.1, 0.15) is 12.3 Å². The van der Waals surface area contributed by atoms with Crippen LogP contribution in [0.5, 0.6) is 0 Å². The van der Waals surface area contributed by atoms with E-state index >= 15 is 0 Å². The molecule has 0 amide bonds. The van der Waals surface area contributed by atoms with E-state index in [1.165, 1.54) is 0 Å². The minimum atomic E-state index is -0.733. The second-order valence-electron chi connectivity index (χ2n) is 6.71. The van der Waals surface area contributed by atoms with Crippen molar-refractivity contribution < 1.29 is 14.7 Å². The van der Waals surface area contributed by atoms with E-state index in [-0.39, 0.29) is 5.92 Å². The van der Waals surface area contributed by atoms with E-state index in [1.54, 1.807) is 12.1 Å². The van der Waals surface area contributed by atoms with Crippen molar-refractivity contribution in [3.63, 3.8) is 0 Å². The van der Waals surface area contributed by atoms with Crippen molar-refractivity contribution in [2.45, 2.75) is 12.8 Å². The molecule has 5 nitrogen and oxygen atoms in total. The molecule has 0 spiro atoms. The molecule has 148 valence electrons. The van der Waals surface area contributed by atoms with Crippen LogP contribution in [0.15, 0.2) is 53.7 Å². The van der Waals surface area contributed by atoms with Gasteiger partial charge in [-0.15, -0.1) is 0 Å². The lowest BCUT2D eigenvalue weighted by molar-refractivity contribution is -0.143. The Kier molecular flexibility index (Phi) is 7.31. The number of oxime groups is 1. The standard InChI is InChI=1S/C21H22Cl2N2O3/c22-18-9-3-1-7-16(18)20(17-8-2-4-10-19(17)23)24-28-13-12-25-11-5-6-15(14-25)21(26)27/h1-4,7-10,15H,5-6,11-14H2,(H,26,27)/t15-/m1/s1. The lowest BCUT2D eigenvalue weighted by atomic mass is 9.98. The SMILES string of the molecule is O=C(O)[C@@H]1CCCN(CCON=C(c2ccccc2Cl)c2ccccc2Cl)C1. The quantitative estimate of drug-likeness (QED) is 0.405. The number of carboxylic acid groups (broad SMARTS) is 1. The van der Waals surface area contributed by atoms with E-state index in [4.69, 9.17) is 28.0 Å². The van der Waals surface area contributed by atoms with Crippen LogP contribution in [0, 0.1) is 5.92 Å². The summed E-state index contributed by atoms with van der Waals surface area (Å²) < 4.78 is 0. The second kappa shape index (κ2) is 9.92. The molecule has 0 radical (unpaired) electrons. The van der Waals surface area contributed by atoms with Crippen LogP contribution in [0.25, 0.3) is 0 Å². The van der Waals surface area contributed by atoms with Crippen LogP contribution in [-0.2, 0) is 9.63 Å². The minimum Gasteiger partial charge on any atom is -0.481 e. The van der Waals surface area contributed by atoms with E-state index < -0.39 is 5.97 Å². The fourth-order valence-corrected chi connectivity index (χ4v) is 3.74. The van der Waals surface area contributed by atoms with Crippen molar-refractivity contribution in [3.8, 4) is 0 Å². The van der Waals surface area contributed by atoms with E-state index in [1.807, 2.05) is 36.4 Å². The number of piperidine rings is 1. The molecule has 1 heterocycles. The highest BCUT2D eigenvalue weighted by molar-refractivity contribution is 6.38. The predicted octanol–water partition coefficient (Wildman–Crippen LogP) is 4.56.